The standard InChI is InChI=1S/C21H39NOSi/c1-9-21(23)12-10-11-19(8)20-13-14-22(15-20)24(16(2)3,17(4)5)18(6)7/h13-19H,9-12H2,1-8H3. The van der Waals surface area contributed by atoms with Crippen molar-refractivity contribution in [1.29, 1.82) is 0 Å². The summed E-state index contributed by atoms with van der Waals surface area (Å²) in [6.45, 7) is 18.7. The van der Waals surface area contributed by atoms with Crippen LogP contribution in [0.25, 0.3) is 0 Å². The number of ketones is 1. The van der Waals surface area contributed by atoms with E-state index in [9.17, 15) is 4.79 Å². The minimum absolute atomic E-state index is 0.394. The summed E-state index contributed by atoms with van der Waals surface area (Å²) in [7, 11) is -1.62. The minimum atomic E-state index is -1.62. The van der Waals surface area contributed by atoms with Gasteiger partial charge in [-0.3, -0.25) is 4.79 Å². The molecule has 1 atom stereocenters. The van der Waals surface area contributed by atoms with Crippen LogP contribution in [0.3, 0.4) is 0 Å². The maximum atomic E-state index is 11.5. The first-order valence-corrected chi connectivity index (χ1v) is 12.1. The van der Waals surface area contributed by atoms with E-state index in [1.807, 2.05) is 6.92 Å². The summed E-state index contributed by atoms with van der Waals surface area (Å²) in [5.41, 5.74) is 3.60. The summed E-state index contributed by atoms with van der Waals surface area (Å²) in [6, 6.07) is 2.32. The van der Waals surface area contributed by atoms with E-state index in [-0.39, 0.29) is 0 Å². The van der Waals surface area contributed by atoms with Crippen LogP contribution in [0.15, 0.2) is 18.5 Å². The van der Waals surface area contributed by atoms with Crippen molar-refractivity contribution in [2.24, 2.45) is 0 Å². The summed E-state index contributed by atoms with van der Waals surface area (Å²) < 4.78 is 2.62. The van der Waals surface area contributed by atoms with Gasteiger partial charge < -0.3 is 4.23 Å². The van der Waals surface area contributed by atoms with Gasteiger partial charge in [0, 0.05) is 12.8 Å². The molecule has 0 aliphatic heterocycles. The SMILES string of the molecule is CCC(=O)CCCC(C)c1ccn([Si](C(C)C)(C(C)C)C(C)C)c1. The maximum absolute atomic E-state index is 11.5. The lowest BCUT2D eigenvalue weighted by molar-refractivity contribution is -0.118. The van der Waals surface area contributed by atoms with E-state index in [0.717, 1.165) is 35.9 Å². The molecule has 0 aromatic carbocycles. The quantitative estimate of drug-likeness (QED) is 0.427. The van der Waals surface area contributed by atoms with Crippen LogP contribution < -0.4 is 0 Å². The maximum Gasteiger partial charge on any atom is 0.168 e. The Morgan fingerprint density at radius 1 is 1.04 bits per heavy atom. The van der Waals surface area contributed by atoms with Crippen LogP contribution in [-0.2, 0) is 4.79 Å². The molecule has 0 radical (unpaired) electrons. The lowest BCUT2D eigenvalue weighted by Crippen LogP contribution is -2.51. The van der Waals surface area contributed by atoms with E-state index < -0.39 is 8.24 Å². The Morgan fingerprint density at radius 2 is 1.58 bits per heavy atom. The summed E-state index contributed by atoms with van der Waals surface area (Å²) >= 11 is 0. The molecule has 3 heteroatoms. The van der Waals surface area contributed by atoms with Crippen molar-refractivity contribution in [2.45, 2.75) is 104 Å². The molecule has 0 bridgehead atoms. The van der Waals surface area contributed by atoms with Gasteiger partial charge in [-0.2, -0.15) is 0 Å². The smallest absolute Gasteiger partial charge is 0.168 e. The zero-order valence-electron chi connectivity index (χ0n) is 17.2. The number of hydrogen-bond acceptors (Lipinski definition) is 1. The van der Waals surface area contributed by atoms with Gasteiger partial charge in [-0.05, 0) is 59.4 Å². The van der Waals surface area contributed by atoms with E-state index in [1.54, 1.807) is 0 Å². The fourth-order valence-electron chi connectivity index (χ4n) is 4.79. The number of hydrogen-bond donors (Lipinski definition) is 0. The highest BCUT2D eigenvalue weighted by molar-refractivity contribution is 6.82. The van der Waals surface area contributed by atoms with Crippen LogP contribution in [0.4, 0.5) is 0 Å². The van der Waals surface area contributed by atoms with Crippen molar-refractivity contribution >= 4 is 14.0 Å². The van der Waals surface area contributed by atoms with Crippen molar-refractivity contribution in [2.75, 3.05) is 0 Å². The highest BCUT2D eigenvalue weighted by Crippen LogP contribution is 2.43. The third-order valence-electron chi connectivity index (χ3n) is 5.99. The predicted octanol–water partition coefficient (Wildman–Crippen LogP) is 6.76. The van der Waals surface area contributed by atoms with Gasteiger partial charge in [-0.25, -0.2) is 0 Å². The van der Waals surface area contributed by atoms with Crippen LogP contribution in [0.5, 0.6) is 0 Å². The van der Waals surface area contributed by atoms with Crippen molar-refractivity contribution in [3.05, 3.63) is 24.0 Å². The number of aromatic nitrogens is 1. The first-order valence-electron chi connectivity index (χ1n) is 9.87. The van der Waals surface area contributed by atoms with E-state index in [2.05, 4.69) is 71.2 Å². The number of rotatable bonds is 10. The highest BCUT2D eigenvalue weighted by Gasteiger charge is 2.44. The second kappa shape index (κ2) is 9.03. The largest absolute Gasteiger partial charge is 0.379 e. The van der Waals surface area contributed by atoms with Gasteiger partial charge in [0.15, 0.2) is 8.24 Å². The molecule has 0 N–H and O–H groups in total. The van der Waals surface area contributed by atoms with Gasteiger partial charge in [-0.15, -0.1) is 0 Å². The van der Waals surface area contributed by atoms with Gasteiger partial charge in [0.05, 0.1) is 0 Å². The zero-order chi connectivity index (χ0) is 18.5. The number of nitrogens with zero attached hydrogens (tertiary/aromatic N) is 1. The van der Waals surface area contributed by atoms with Gasteiger partial charge in [-0.1, -0.05) is 55.4 Å². The number of carbonyl (C=O) groups excluding carboxylic acids is 1. The molecule has 0 aliphatic rings. The number of carbonyl (C=O) groups is 1. The molecular formula is C21H39NOSi. The van der Waals surface area contributed by atoms with Crippen LogP contribution in [0.2, 0.25) is 16.6 Å². The normalized spacial score (nSPS) is 14.0. The molecular weight excluding hydrogens is 310 g/mol. The Labute approximate surface area is 151 Å². The highest BCUT2D eigenvalue weighted by atomic mass is 28.3. The van der Waals surface area contributed by atoms with Crippen molar-refractivity contribution in [3.8, 4) is 0 Å². The second-order valence-electron chi connectivity index (χ2n) is 8.39. The minimum Gasteiger partial charge on any atom is -0.379 e. The summed E-state index contributed by atoms with van der Waals surface area (Å²) in [5.74, 6) is 0.930. The average Bonchev–Trinajstić information content (AvgIpc) is 2.96. The third kappa shape index (κ3) is 4.41. The van der Waals surface area contributed by atoms with Crippen LogP contribution in [0, 0.1) is 0 Å². The molecule has 0 aliphatic carbocycles. The monoisotopic (exact) mass is 349 g/mol. The average molecular weight is 350 g/mol. The second-order valence-corrected chi connectivity index (χ2v) is 14.1. The Morgan fingerprint density at radius 3 is 2.04 bits per heavy atom. The number of Topliss-reactive ketones (excluding diaryl/α,β-unsaturated/α-hetero) is 1. The molecule has 1 aromatic heterocycles. The van der Waals surface area contributed by atoms with Gasteiger partial charge >= 0.3 is 0 Å². The molecule has 1 aromatic rings. The molecule has 1 unspecified atom stereocenters. The molecule has 0 saturated carbocycles. The molecule has 0 spiro atoms. The van der Waals surface area contributed by atoms with Crippen LogP contribution in [0.1, 0.15) is 92.6 Å². The first-order chi connectivity index (χ1) is 11.2. The third-order valence-corrected chi connectivity index (χ3v) is 12.7. The lowest BCUT2D eigenvalue weighted by Gasteiger charge is -2.44. The van der Waals surface area contributed by atoms with E-state index >= 15 is 0 Å². The Balaban J connectivity index is 2.94. The Hall–Kier alpha value is -0.833. The van der Waals surface area contributed by atoms with Crippen molar-refractivity contribution in [1.82, 2.24) is 4.23 Å². The molecule has 0 fully saturated rings. The molecule has 138 valence electrons. The van der Waals surface area contributed by atoms with Gasteiger partial charge in [0.2, 0.25) is 0 Å². The topological polar surface area (TPSA) is 22.0 Å². The first kappa shape index (κ1) is 21.2. The van der Waals surface area contributed by atoms with Crippen molar-refractivity contribution < 1.29 is 4.79 Å². The molecule has 0 saturated heterocycles. The van der Waals surface area contributed by atoms with Crippen LogP contribution >= 0.6 is 0 Å². The Bertz CT molecular complexity index is 494. The fourth-order valence-corrected chi connectivity index (χ4v) is 11.3. The van der Waals surface area contributed by atoms with E-state index in [4.69, 9.17) is 0 Å². The lowest BCUT2D eigenvalue weighted by atomic mass is 9.97. The van der Waals surface area contributed by atoms with Gasteiger partial charge in [0.25, 0.3) is 0 Å². The molecule has 1 heterocycles. The van der Waals surface area contributed by atoms with Crippen molar-refractivity contribution in [3.63, 3.8) is 0 Å². The summed E-state index contributed by atoms with van der Waals surface area (Å²) in [4.78, 5) is 11.5. The zero-order valence-corrected chi connectivity index (χ0v) is 18.2. The predicted molar refractivity (Wildman–Crippen MR) is 108 cm³/mol. The van der Waals surface area contributed by atoms with E-state index in [1.165, 1.54) is 5.56 Å². The van der Waals surface area contributed by atoms with Crippen LogP contribution in [-0.4, -0.2) is 18.3 Å². The molecule has 24 heavy (non-hydrogen) atoms. The molecule has 1 rings (SSSR count). The summed E-state index contributed by atoms with van der Waals surface area (Å²) in [5, 5.41) is 0. The summed E-state index contributed by atoms with van der Waals surface area (Å²) in [6.07, 6.45) is 8.31. The fraction of sp³-hybridized carbons (Fsp3) is 0.762. The Kier molecular flexibility index (Phi) is 7.98. The van der Waals surface area contributed by atoms with E-state index in [0.29, 0.717) is 18.1 Å². The van der Waals surface area contributed by atoms with Gasteiger partial charge in [0.1, 0.15) is 5.78 Å². The molecule has 0 amide bonds. The molecule has 2 nitrogen and oxygen atoms in total.